The molecule has 0 bridgehead atoms. The molecule has 4 heteroatoms. The number of ether oxygens (including phenoxy) is 2. The van der Waals surface area contributed by atoms with Gasteiger partial charge in [0, 0.05) is 23.6 Å². The first kappa shape index (κ1) is 16.2. The highest BCUT2D eigenvalue weighted by Gasteiger charge is 2.25. The van der Waals surface area contributed by atoms with Gasteiger partial charge < -0.3 is 14.4 Å². The molecule has 3 rings (SSSR count). The second kappa shape index (κ2) is 7.24. The van der Waals surface area contributed by atoms with E-state index in [0.29, 0.717) is 5.02 Å². The topological polar surface area (TPSA) is 21.7 Å². The fraction of sp³-hybridized carbons (Fsp3) is 0.368. The van der Waals surface area contributed by atoms with Crippen molar-refractivity contribution >= 4 is 11.6 Å². The van der Waals surface area contributed by atoms with Gasteiger partial charge >= 0.3 is 0 Å². The van der Waals surface area contributed by atoms with Gasteiger partial charge in [0.1, 0.15) is 11.9 Å². The number of benzene rings is 2. The van der Waals surface area contributed by atoms with Crippen molar-refractivity contribution in [2.24, 2.45) is 0 Å². The van der Waals surface area contributed by atoms with Crippen molar-refractivity contribution in [2.75, 3.05) is 19.6 Å². The Morgan fingerprint density at radius 2 is 1.74 bits per heavy atom. The van der Waals surface area contributed by atoms with Crippen LogP contribution in [0.2, 0.25) is 5.02 Å². The zero-order chi connectivity index (χ0) is 16.2. The fourth-order valence-electron chi connectivity index (χ4n) is 2.89. The van der Waals surface area contributed by atoms with Gasteiger partial charge in [-0.1, -0.05) is 37.6 Å². The summed E-state index contributed by atoms with van der Waals surface area (Å²) >= 11 is 6.20. The van der Waals surface area contributed by atoms with Gasteiger partial charge in [0.2, 0.25) is 0 Å². The Morgan fingerprint density at radius 3 is 2.48 bits per heavy atom. The maximum absolute atomic E-state index is 6.27. The van der Waals surface area contributed by atoms with E-state index < -0.39 is 0 Å². The maximum Gasteiger partial charge on any atom is 0.169 e. The van der Waals surface area contributed by atoms with E-state index in [1.54, 1.807) is 0 Å². The van der Waals surface area contributed by atoms with Crippen molar-refractivity contribution in [3.8, 4) is 17.2 Å². The zero-order valence-corrected chi connectivity index (χ0v) is 14.3. The van der Waals surface area contributed by atoms with Crippen molar-refractivity contribution in [3.63, 3.8) is 0 Å². The van der Waals surface area contributed by atoms with Crippen molar-refractivity contribution in [1.29, 1.82) is 0 Å². The molecule has 0 radical (unpaired) electrons. The van der Waals surface area contributed by atoms with Crippen LogP contribution < -0.4 is 9.47 Å². The molecule has 1 heterocycles. The molecule has 0 spiro atoms. The van der Waals surface area contributed by atoms with Gasteiger partial charge in [-0.15, -0.1) is 0 Å². The summed E-state index contributed by atoms with van der Waals surface area (Å²) in [6.45, 7) is 7.42. The maximum atomic E-state index is 6.27. The van der Waals surface area contributed by atoms with Crippen LogP contribution in [0.3, 0.4) is 0 Å². The van der Waals surface area contributed by atoms with Gasteiger partial charge in [0.25, 0.3) is 0 Å². The van der Waals surface area contributed by atoms with E-state index in [9.17, 15) is 0 Å². The SMILES string of the molecule is CCN(CC)CCC1Oc2ccccc2Oc2ccc(Cl)cc21. The van der Waals surface area contributed by atoms with Gasteiger partial charge in [0.15, 0.2) is 11.5 Å². The van der Waals surface area contributed by atoms with Gasteiger partial charge in [-0.05, 0) is 43.4 Å². The number of rotatable bonds is 5. The molecule has 23 heavy (non-hydrogen) atoms. The molecule has 0 fully saturated rings. The Bertz CT molecular complexity index is 670. The number of halogens is 1. The fourth-order valence-corrected chi connectivity index (χ4v) is 3.07. The number of hydrogen-bond acceptors (Lipinski definition) is 3. The minimum absolute atomic E-state index is 0.0621. The number of nitrogens with zero attached hydrogens (tertiary/aromatic N) is 1. The summed E-state index contributed by atoms with van der Waals surface area (Å²) in [5.74, 6) is 2.36. The predicted octanol–water partition coefficient (Wildman–Crippen LogP) is 5.30. The second-order valence-electron chi connectivity index (χ2n) is 5.65. The molecule has 0 aromatic heterocycles. The molecule has 122 valence electrons. The van der Waals surface area contributed by atoms with Crippen LogP contribution >= 0.6 is 11.6 Å². The third-order valence-electron chi connectivity index (χ3n) is 4.26. The van der Waals surface area contributed by atoms with Gasteiger partial charge in [-0.3, -0.25) is 0 Å². The van der Waals surface area contributed by atoms with E-state index in [0.717, 1.165) is 48.9 Å². The second-order valence-corrected chi connectivity index (χ2v) is 6.09. The molecule has 3 nitrogen and oxygen atoms in total. The van der Waals surface area contributed by atoms with E-state index in [4.69, 9.17) is 21.1 Å². The summed E-state index contributed by atoms with van der Waals surface area (Å²) in [5.41, 5.74) is 1.01. The first-order valence-corrected chi connectivity index (χ1v) is 8.54. The molecular formula is C19H22ClNO2. The summed E-state index contributed by atoms with van der Waals surface area (Å²) in [6.07, 6.45) is 0.833. The first-order valence-electron chi connectivity index (χ1n) is 8.16. The van der Waals surface area contributed by atoms with Crippen LogP contribution in [0.1, 0.15) is 31.9 Å². The molecule has 0 aliphatic carbocycles. The van der Waals surface area contributed by atoms with Crippen LogP contribution in [0.25, 0.3) is 0 Å². The van der Waals surface area contributed by atoms with E-state index in [-0.39, 0.29) is 6.10 Å². The molecule has 1 aliphatic rings. The van der Waals surface area contributed by atoms with E-state index >= 15 is 0 Å². The molecule has 2 aromatic carbocycles. The molecular weight excluding hydrogens is 310 g/mol. The first-order chi connectivity index (χ1) is 11.2. The molecule has 1 aliphatic heterocycles. The minimum Gasteiger partial charge on any atom is -0.482 e. The lowest BCUT2D eigenvalue weighted by molar-refractivity contribution is 0.170. The monoisotopic (exact) mass is 331 g/mol. The van der Waals surface area contributed by atoms with Crippen LogP contribution in [0.5, 0.6) is 17.2 Å². The third-order valence-corrected chi connectivity index (χ3v) is 4.49. The smallest absolute Gasteiger partial charge is 0.169 e. The highest BCUT2D eigenvalue weighted by Crippen LogP contribution is 2.43. The predicted molar refractivity (Wildman–Crippen MR) is 93.7 cm³/mol. The van der Waals surface area contributed by atoms with Gasteiger partial charge in [0.05, 0.1) is 0 Å². The van der Waals surface area contributed by atoms with Crippen molar-refractivity contribution < 1.29 is 9.47 Å². The number of para-hydroxylation sites is 2. The molecule has 1 unspecified atom stereocenters. The molecule has 0 saturated carbocycles. The quantitative estimate of drug-likeness (QED) is 0.742. The van der Waals surface area contributed by atoms with Crippen molar-refractivity contribution in [3.05, 3.63) is 53.1 Å². The van der Waals surface area contributed by atoms with E-state index in [2.05, 4.69) is 18.7 Å². The molecule has 2 aromatic rings. The summed E-state index contributed by atoms with van der Waals surface area (Å²) in [4.78, 5) is 2.39. The molecule has 0 N–H and O–H groups in total. The molecule has 1 atom stereocenters. The number of fused-ring (bicyclic) bond motifs is 2. The van der Waals surface area contributed by atoms with Crippen LogP contribution in [-0.4, -0.2) is 24.5 Å². The zero-order valence-electron chi connectivity index (χ0n) is 13.6. The standard InChI is InChI=1S/C19H22ClNO2/c1-3-21(4-2)12-11-17-15-13-14(20)9-10-16(15)22-18-7-5-6-8-19(18)23-17/h5-10,13,17H,3-4,11-12H2,1-2H3. The highest BCUT2D eigenvalue weighted by molar-refractivity contribution is 6.30. The highest BCUT2D eigenvalue weighted by atomic mass is 35.5. The Hall–Kier alpha value is -1.71. The summed E-state index contributed by atoms with van der Waals surface area (Å²) < 4.78 is 12.3. The van der Waals surface area contributed by atoms with Crippen LogP contribution in [0.4, 0.5) is 0 Å². The van der Waals surface area contributed by atoms with Crippen LogP contribution in [0.15, 0.2) is 42.5 Å². The lowest BCUT2D eigenvalue weighted by atomic mass is 10.0. The summed E-state index contributed by atoms with van der Waals surface area (Å²) in [6, 6.07) is 13.5. The largest absolute Gasteiger partial charge is 0.482 e. The lowest BCUT2D eigenvalue weighted by Crippen LogP contribution is -2.26. The van der Waals surface area contributed by atoms with Gasteiger partial charge in [-0.2, -0.15) is 0 Å². The Morgan fingerprint density at radius 1 is 1.00 bits per heavy atom. The number of hydrogen-bond donors (Lipinski definition) is 0. The lowest BCUT2D eigenvalue weighted by Gasteiger charge is -2.23. The Kier molecular flexibility index (Phi) is 5.09. The minimum atomic E-state index is -0.0621. The normalized spacial score (nSPS) is 16.1. The Labute approximate surface area is 142 Å². The average molecular weight is 332 g/mol. The van der Waals surface area contributed by atoms with Crippen LogP contribution in [0, 0.1) is 0 Å². The van der Waals surface area contributed by atoms with Crippen LogP contribution in [-0.2, 0) is 0 Å². The third kappa shape index (κ3) is 3.62. The van der Waals surface area contributed by atoms with E-state index in [1.165, 1.54) is 0 Å². The van der Waals surface area contributed by atoms with Crippen molar-refractivity contribution in [1.82, 2.24) is 4.90 Å². The van der Waals surface area contributed by atoms with Gasteiger partial charge in [-0.25, -0.2) is 0 Å². The Balaban J connectivity index is 1.92. The summed E-state index contributed by atoms with van der Waals surface area (Å²) in [5, 5.41) is 0.703. The van der Waals surface area contributed by atoms with E-state index in [1.807, 2.05) is 42.5 Å². The molecule has 0 saturated heterocycles. The van der Waals surface area contributed by atoms with Crippen molar-refractivity contribution in [2.45, 2.75) is 26.4 Å². The molecule has 0 amide bonds. The average Bonchev–Trinajstić information content (AvgIpc) is 2.72. The summed E-state index contributed by atoms with van der Waals surface area (Å²) in [7, 11) is 0.